The number of rotatable bonds is 5. The van der Waals surface area contributed by atoms with Crippen LogP contribution in [-0.2, 0) is 22.4 Å². The van der Waals surface area contributed by atoms with E-state index >= 15 is 0 Å². The fourth-order valence-electron chi connectivity index (χ4n) is 2.09. The summed E-state index contributed by atoms with van der Waals surface area (Å²) in [6, 6.07) is 1.08. The van der Waals surface area contributed by atoms with Gasteiger partial charge in [0.15, 0.2) is 5.69 Å². The largest absolute Gasteiger partial charge is 0.435 e. The van der Waals surface area contributed by atoms with Gasteiger partial charge in [0.25, 0.3) is 5.91 Å². The lowest BCUT2D eigenvalue weighted by Crippen LogP contribution is -2.27. The van der Waals surface area contributed by atoms with Crippen molar-refractivity contribution in [3.05, 3.63) is 45.4 Å². The molecule has 1 unspecified atom stereocenters. The Kier molecular flexibility index (Phi) is 6.27. The van der Waals surface area contributed by atoms with E-state index in [1.165, 1.54) is 0 Å². The predicted molar refractivity (Wildman–Crippen MR) is 86.5 cm³/mol. The second kappa shape index (κ2) is 7.89. The minimum absolute atomic E-state index is 0.190. The number of amides is 1. The average molecular weight is 463 g/mol. The van der Waals surface area contributed by atoms with E-state index in [4.69, 9.17) is 5.21 Å². The minimum Gasteiger partial charge on any atom is -0.288 e. The number of sulfonamides is 1. The maximum absolute atomic E-state index is 13.0. The Morgan fingerprint density at radius 3 is 2.10 bits per heavy atom. The zero-order chi connectivity index (χ0) is 22.2. The summed E-state index contributed by atoms with van der Waals surface area (Å²) in [6.45, 7) is 1.13. The minimum atomic E-state index is -5.05. The third kappa shape index (κ3) is 5.23. The molecule has 1 atom stereocenters. The number of hydrogen-bond acceptors (Lipinski definition) is 6. The molecule has 0 spiro atoms. The molecule has 1 aromatic heterocycles. The SMILES string of the molecule is CC(NS(=O)(=O)c1ccc(C(F)(F)F)cc1)c1nc(C(F)(F)F)c(C(=O)NO)s1. The smallest absolute Gasteiger partial charge is 0.288 e. The van der Waals surface area contributed by atoms with Crippen molar-refractivity contribution < 1.29 is 44.8 Å². The molecule has 0 aliphatic rings. The topological polar surface area (TPSA) is 108 Å². The van der Waals surface area contributed by atoms with Crippen LogP contribution in [0.1, 0.15) is 38.9 Å². The Hall–Kier alpha value is -2.23. The molecular formula is C14H11F6N3O4S2. The van der Waals surface area contributed by atoms with Gasteiger partial charge in [0, 0.05) is 0 Å². The third-order valence-corrected chi connectivity index (χ3v) is 6.21. The molecule has 0 fully saturated rings. The Balaban J connectivity index is 2.32. The molecule has 1 aromatic carbocycles. The van der Waals surface area contributed by atoms with Gasteiger partial charge < -0.3 is 0 Å². The monoisotopic (exact) mass is 463 g/mol. The van der Waals surface area contributed by atoms with Crippen LogP contribution < -0.4 is 10.2 Å². The van der Waals surface area contributed by atoms with Crippen LogP contribution in [0.2, 0.25) is 0 Å². The first-order chi connectivity index (χ1) is 13.2. The van der Waals surface area contributed by atoms with Gasteiger partial charge in [0.05, 0.1) is 16.5 Å². The van der Waals surface area contributed by atoms with Crippen molar-refractivity contribution in [3.8, 4) is 0 Å². The van der Waals surface area contributed by atoms with E-state index in [-0.39, 0.29) is 11.3 Å². The van der Waals surface area contributed by atoms with Gasteiger partial charge in [-0.15, -0.1) is 11.3 Å². The molecule has 160 valence electrons. The van der Waals surface area contributed by atoms with Crippen LogP contribution in [0.5, 0.6) is 0 Å². The molecule has 0 radical (unpaired) electrons. The molecule has 0 aliphatic carbocycles. The predicted octanol–water partition coefficient (Wildman–Crippen LogP) is 3.34. The molecule has 1 amide bonds. The van der Waals surface area contributed by atoms with Gasteiger partial charge in [-0.1, -0.05) is 0 Å². The number of hydrogen-bond donors (Lipinski definition) is 3. The molecule has 0 aliphatic heterocycles. The Bertz CT molecular complexity index is 1000. The fraction of sp³-hybridized carbons (Fsp3) is 0.286. The van der Waals surface area contributed by atoms with E-state index in [9.17, 15) is 39.6 Å². The van der Waals surface area contributed by atoms with Crippen LogP contribution in [0.4, 0.5) is 26.3 Å². The van der Waals surface area contributed by atoms with Gasteiger partial charge in [0.1, 0.15) is 9.88 Å². The van der Waals surface area contributed by atoms with Gasteiger partial charge in [-0.25, -0.2) is 23.6 Å². The number of benzene rings is 1. The highest BCUT2D eigenvalue weighted by atomic mass is 32.2. The lowest BCUT2D eigenvalue weighted by Gasteiger charge is -2.13. The van der Waals surface area contributed by atoms with Crippen molar-refractivity contribution in [2.75, 3.05) is 0 Å². The number of aromatic nitrogens is 1. The molecule has 0 saturated heterocycles. The van der Waals surface area contributed by atoms with Gasteiger partial charge in [0.2, 0.25) is 10.0 Å². The summed E-state index contributed by atoms with van der Waals surface area (Å²) >= 11 is 0.190. The molecule has 0 saturated carbocycles. The number of hydroxylamine groups is 1. The Morgan fingerprint density at radius 2 is 1.66 bits per heavy atom. The summed E-state index contributed by atoms with van der Waals surface area (Å²) in [4.78, 5) is 13.1. The first-order valence-corrected chi connectivity index (χ1v) is 9.68. The molecule has 7 nitrogen and oxygen atoms in total. The summed E-state index contributed by atoms with van der Waals surface area (Å²) in [5.74, 6) is -1.49. The summed E-state index contributed by atoms with van der Waals surface area (Å²) in [5, 5.41) is 8.11. The summed E-state index contributed by atoms with van der Waals surface area (Å²) in [7, 11) is -4.42. The number of alkyl halides is 6. The standard InChI is InChI=1S/C14H11F6N3O4S2/c1-6(12-21-10(14(18,19)20)9(28-12)11(24)22-25)23-29(26,27)8-4-2-7(3-5-8)13(15,16)17/h2-6,23,25H,1H3,(H,22,24). The van der Waals surface area contributed by atoms with Crippen LogP contribution in [0, 0.1) is 0 Å². The van der Waals surface area contributed by atoms with Crippen LogP contribution in [-0.4, -0.2) is 24.5 Å². The lowest BCUT2D eigenvalue weighted by atomic mass is 10.2. The quantitative estimate of drug-likeness (QED) is 0.358. The molecule has 29 heavy (non-hydrogen) atoms. The average Bonchev–Trinajstić information content (AvgIpc) is 3.06. The molecule has 0 bridgehead atoms. The fourth-order valence-corrected chi connectivity index (χ4v) is 4.35. The van der Waals surface area contributed by atoms with Gasteiger partial charge in [-0.3, -0.25) is 10.0 Å². The van der Waals surface area contributed by atoms with Crippen molar-refractivity contribution in [1.29, 1.82) is 0 Å². The van der Waals surface area contributed by atoms with E-state index < -0.39 is 60.4 Å². The number of halogens is 6. The van der Waals surface area contributed by atoms with Gasteiger partial charge in [-0.05, 0) is 31.2 Å². The van der Waals surface area contributed by atoms with E-state index in [0.29, 0.717) is 24.3 Å². The van der Waals surface area contributed by atoms with Gasteiger partial charge >= 0.3 is 12.4 Å². The highest BCUT2D eigenvalue weighted by Gasteiger charge is 2.40. The first kappa shape index (κ1) is 23.1. The van der Waals surface area contributed by atoms with Gasteiger partial charge in [-0.2, -0.15) is 26.3 Å². The molecule has 2 aromatic rings. The van der Waals surface area contributed by atoms with Crippen LogP contribution >= 0.6 is 11.3 Å². The molecule has 15 heteroatoms. The normalized spacial score (nSPS) is 13.9. The van der Waals surface area contributed by atoms with Crippen LogP contribution in [0.25, 0.3) is 0 Å². The lowest BCUT2D eigenvalue weighted by molar-refractivity contribution is -0.141. The maximum atomic E-state index is 13.0. The number of carbonyl (C=O) groups excluding carboxylic acids is 1. The van der Waals surface area contributed by atoms with Crippen molar-refractivity contribution in [2.45, 2.75) is 30.2 Å². The Morgan fingerprint density at radius 1 is 1.10 bits per heavy atom. The van der Waals surface area contributed by atoms with Crippen LogP contribution in [0.3, 0.4) is 0 Å². The second-order valence-electron chi connectivity index (χ2n) is 5.53. The zero-order valence-electron chi connectivity index (χ0n) is 14.1. The number of thiazole rings is 1. The highest BCUT2D eigenvalue weighted by molar-refractivity contribution is 7.89. The third-order valence-electron chi connectivity index (χ3n) is 3.41. The molecule has 3 N–H and O–H groups in total. The van der Waals surface area contributed by atoms with Crippen molar-refractivity contribution in [3.63, 3.8) is 0 Å². The van der Waals surface area contributed by atoms with E-state index in [1.807, 2.05) is 4.72 Å². The van der Waals surface area contributed by atoms with E-state index in [2.05, 4.69) is 4.98 Å². The van der Waals surface area contributed by atoms with Crippen LogP contribution in [0.15, 0.2) is 29.2 Å². The summed E-state index contributed by atoms with van der Waals surface area (Å²) in [6.07, 6.45) is -9.73. The molecular weight excluding hydrogens is 452 g/mol. The summed E-state index contributed by atoms with van der Waals surface area (Å²) in [5.41, 5.74) is -1.67. The van der Waals surface area contributed by atoms with Crippen molar-refractivity contribution in [2.24, 2.45) is 0 Å². The summed E-state index contributed by atoms with van der Waals surface area (Å²) < 4.78 is 103. The van der Waals surface area contributed by atoms with Crippen molar-refractivity contribution in [1.82, 2.24) is 15.2 Å². The second-order valence-corrected chi connectivity index (χ2v) is 8.28. The number of nitrogens with zero attached hydrogens (tertiary/aromatic N) is 1. The van der Waals surface area contributed by atoms with E-state index in [0.717, 1.165) is 12.4 Å². The zero-order valence-corrected chi connectivity index (χ0v) is 15.7. The maximum Gasteiger partial charge on any atom is 0.435 e. The van der Waals surface area contributed by atoms with E-state index in [1.54, 1.807) is 0 Å². The molecule has 2 rings (SSSR count). The Labute approximate surface area is 163 Å². The number of nitrogens with one attached hydrogen (secondary N) is 2. The number of carbonyl (C=O) groups is 1. The molecule has 1 heterocycles. The first-order valence-electron chi connectivity index (χ1n) is 7.38. The highest BCUT2D eigenvalue weighted by Crippen LogP contribution is 2.36. The van der Waals surface area contributed by atoms with Crippen molar-refractivity contribution >= 4 is 27.3 Å².